The van der Waals surface area contributed by atoms with Gasteiger partial charge in [-0.3, -0.25) is 9.59 Å². The van der Waals surface area contributed by atoms with Crippen molar-refractivity contribution in [3.63, 3.8) is 0 Å². The van der Waals surface area contributed by atoms with Gasteiger partial charge in [0.05, 0.1) is 12.5 Å². The Morgan fingerprint density at radius 3 is 2.24 bits per heavy atom. The molecular weight excluding hydrogens is 218 g/mol. The molecule has 5 nitrogen and oxygen atoms in total. The average Bonchev–Trinajstić information content (AvgIpc) is 2.16. The first kappa shape index (κ1) is 15.9. The van der Waals surface area contributed by atoms with Crippen molar-refractivity contribution < 1.29 is 9.59 Å². The first-order valence-electron chi connectivity index (χ1n) is 5.97. The molecular formula is C12H25N3O2. The van der Waals surface area contributed by atoms with Gasteiger partial charge in [-0.05, 0) is 27.2 Å². The molecule has 0 rings (SSSR count). The van der Waals surface area contributed by atoms with Gasteiger partial charge in [-0.25, -0.2) is 0 Å². The van der Waals surface area contributed by atoms with Crippen molar-refractivity contribution in [3.05, 3.63) is 0 Å². The maximum absolute atomic E-state index is 11.9. The number of nitrogens with two attached hydrogens (primary N) is 1. The number of carbonyl (C=O) groups excluding carboxylic acids is 2. The van der Waals surface area contributed by atoms with Gasteiger partial charge in [-0.2, -0.15) is 0 Å². The highest BCUT2D eigenvalue weighted by molar-refractivity contribution is 5.86. The van der Waals surface area contributed by atoms with Gasteiger partial charge in [-0.1, -0.05) is 6.92 Å². The fourth-order valence-electron chi connectivity index (χ4n) is 1.50. The lowest BCUT2D eigenvalue weighted by Gasteiger charge is -2.25. The summed E-state index contributed by atoms with van der Waals surface area (Å²) in [5.74, 6) is -0.415. The lowest BCUT2D eigenvalue weighted by molar-refractivity contribution is -0.138. The van der Waals surface area contributed by atoms with Gasteiger partial charge in [0.2, 0.25) is 11.8 Å². The standard InChI is InChI=1S/C12H25N3O2/c1-6-9(7-13)11(17)15(5)8-10(16)14-12(2,3)4/h9H,6-8,13H2,1-5H3,(H,14,16). The van der Waals surface area contributed by atoms with Crippen LogP contribution in [0.3, 0.4) is 0 Å². The van der Waals surface area contributed by atoms with E-state index in [1.807, 2.05) is 27.7 Å². The monoisotopic (exact) mass is 243 g/mol. The number of carbonyl (C=O) groups is 2. The van der Waals surface area contributed by atoms with E-state index in [0.717, 1.165) is 0 Å². The summed E-state index contributed by atoms with van der Waals surface area (Å²) in [6, 6.07) is 0. The van der Waals surface area contributed by atoms with E-state index in [2.05, 4.69) is 5.32 Å². The van der Waals surface area contributed by atoms with Gasteiger partial charge in [-0.15, -0.1) is 0 Å². The van der Waals surface area contributed by atoms with Crippen molar-refractivity contribution in [1.29, 1.82) is 0 Å². The molecule has 0 aromatic heterocycles. The van der Waals surface area contributed by atoms with Crippen LogP contribution in [0, 0.1) is 5.92 Å². The van der Waals surface area contributed by atoms with Crippen LogP contribution in [0.15, 0.2) is 0 Å². The highest BCUT2D eigenvalue weighted by Crippen LogP contribution is 2.05. The molecule has 0 radical (unpaired) electrons. The summed E-state index contributed by atoms with van der Waals surface area (Å²) >= 11 is 0. The Labute approximate surface area is 104 Å². The molecule has 0 aliphatic carbocycles. The molecule has 0 heterocycles. The predicted molar refractivity (Wildman–Crippen MR) is 68.4 cm³/mol. The van der Waals surface area contributed by atoms with Gasteiger partial charge in [0.25, 0.3) is 0 Å². The first-order chi connectivity index (χ1) is 7.71. The van der Waals surface area contributed by atoms with Crippen molar-refractivity contribution >= 4 is 11.8 Å². The zero-order valence-corrected chi connectivity index (χ0v) is 11.5. The Morgan fingerprint density at radius 2 is 1.88 bits per heavy atom. The SMILES string of the molecule is CCC(CN)C(=O)N(C)CC(=O)NC(C)(C)C. The second-order valence-electron chi connectivity index (χ2n) is 5.33. The van der Waals surface area contributed by atoms with Crippen LogP contribution in [0.5, 0.6) is 0 Å². The summed E-state index contributed by atoms with van der Waals surface area (Å²) in [5.41, 5.74) is 5.23. The minimum atomic E-state index is -0.279. The Morgan fingerprint density at radius 1 is 1.35 bits per heavy atom. The van der Waals surface area contributed by atoms with Crippen molar-refractivity contribution in [2.75, 3.05) is 20.1 Å². The summed E-state index contributed by atoms with van der Waals surface area (Å²) in [4.78, 5) is 24.9. The van der Waals surface area contributed by atoms with Gasteiger partial charge in [0.15, 0.2) is 0 Å². The van der Waals surface area contributed by atoms with Gasteiger partial charge in [0, 0.05) is 19.1 Å². The summed E-state index contributed by atoms with van der Waals surface area (Å²) < 4.78 is 0. The van der Waals surface area contributed by atoms with E-state index in [-0.39, 0.29) is 29.8 Å². The highest BCUT2D eigenvalue weighted by Gasteiger charge is 2.22. The molecule has 0 aromatic rings. The molecule has 0 fully saturated rings. The highest BCUT2D eigenvalue weighted by atomic mass is 16.2. The van der Waals surface area contributed by atoms with Crippen LogP contribution in [0.2, 0.25) is 0 Å². The average molecular weight is 243 g/mol. The molecule has 17 heavy (non-hydrogen) atoms. The predicted octanol–water partition coefficient (Wildman–Crippen LogP) is 0.344. The number of nitrogens with zero attached hydrogens (tertiary/aromatic N) is 1. The van der Waals surface area contributed by atoms with E-state index in [1.165, 1.54) is 4.90 Å². The van der Waals surface area contributed by atoms with Crippen molar-refractivity contribution in [1.82, 2.24) is 10.2 Å². The van der Waals surface area contributed by atoms with E-state index in [1.54, 1.807) is 7.05 Å². The van der Waals surface area contributed by atoms with E-state index in [0.29, 0.717) is 13.0 Å². The van der Waals surface area contributed by atoms with Crippen molar-refractivity contribution in [2.24, 2.45) is 11.7 Å². The van der Waals surface area contributed by atoms with Crippen LogP contribution in [0.4, 0.5) is 0 Å². The van der Waals surface area contributed by atoms with Crippen LogP contribution in [0.1, 0.15) is 34.1 Å². The third-order valence-electron chi connectivity index (χ3n) is 2.40. The third kappa shape index (κ3) is 6.26. The molecule has 0 bridgehead atoms. The summed E-state index contributed by atoms with van der Waals surface area (Å²) in [7, 11) is 1.63. The number of hydrogen-bond acceptors (Lipinski definition) is 3. The number of amides is 2. The normalized spacial score (nSPS) is 13.1. The minimum Gasteiger partial charge on any atom is -0.350 e. The van der Waals surface area contributed by atoms with Gasteiger partial charge < -0.3 is 16.0 Å². The van der Waals surface area contributed by atoms with E-state index >= 15 is 0 Å². The number of nitrogens with one attached hydrogen (secondary N) is 1. The molecule has 5 heteroatoms. The van der Waals surface area contributed by atoms with Crippen molar-refractivity contribution in [3.8, 4) is 0 Å². The zero-order chi connectivity index (χ0) is 13.6. The summed E-state index contributed by atoms with van der Waals surface area (Å²) in [6.45, 7) is 8.02. The second-order valence-corrected chi connectivity index (χ2v) is 5.33. The van der Waals surface area contributed by atoms with Gasteiger partial charge >= 0.3 is 0 Å². The Hall–Kier alpha value is -1.10. The van der Waals surface area contributed by atoms with Crippen LogP contribution in [-0.2, 0) is 9.59 Å². The van der Waals surface area contributed by atoms with Crippen LogP contribution < -0.4 is 11.1 Å². The largest absolute Gasteiger partial charge is 0.350 e. The number of likely N-dealkylation sites (N-methyl/N-ethyl adjacent to an activating group) is 1. The molecule has 0 aliphatic heterocycles. The Kier molecular flexibility index (Phi) is 6.16. The molecule has 3 N–H and O–H groups in total. The van der Waals surface area contributed by atoms with Crippen LogP contribution >= 0.6 is 0 Å². The fraction of sp³-hybridized carbons (Fsp3) is 0.833. The molecule has 1 atom stereocenters. The third-order valence-corrected chi connectivity index (χ3v) is 2.40. The van der Waals surface area contributed by atoms with E-state index in [4.69, 9.17) is 5.73 Å². The smallest absolute Gasteiger partial charge is 0.240 e. The fourth-order valence-corrected chi connectivity index (χ4v) is 1.50. The molecule has 0 spiro atoms. The molecule has 0 saturated carbocycles. The lowest BCUT2D eigenvalue weighted by atomic mass is 10.1. The second kappa shape index (κ2) is 6.59. The Bertz CT molecular complexity index is 267. The van der Waals surface area contributed by atoms with Crippen LogP contribution in [0.25, 0.3) is 0 Å². The zero-order valence-electron chi connectivity index (χ0n) is 11.5. The van der Waals surface area contributed by atoms with Gasteiger partial charge in [0.1, 0.15) is 0 Å². The lowest BCUT2D eigenvalue weighted by Crippen LogP contribution is -2.47. The van der Waals surface area contributed by atoms with Crippen molar-refractivity contribution in [2.45, 2.75) is 39.7 Å². The topological polar surface area (TPSA) is 75.4 Å². The maximum Gasteiger partial charge on any atom is 0.240 e. The number of rotatable bonds is 5. The minimum absolute atomic E-state index is 0.0703. The van der Waals surface area contributed by atoms with E-state index in [9.17, 15) is 9.59 Å². The first-order valence-corrected chi connectivity index (χ1v) is 5.97. The maximum atomic E-state index is 11.9. The molecule has 100 valence electrons. The molecule has 1 unspecified atom stereocenters. The quantitative estimate of drug-likeness (QED) is 0.731. The molecule has 0 aliphatic rings. The Balaban J connectivity index is 4.30. The number of hydrogen-bond donors (Lipinski definition) is 2. The molecule has 0 saturated heterocycles. The summed E-state index contributed by atoms with van der Waals surface area (Å²) in [6.07, 6.45) is 0.695. The van der Waals surface area contributed by atoms with E-state index < -0.39 is 0 Å². The molecule has 2 amide bonds. The summed E-state index contributed by atoms with van der Waals surface area (Å²) in [5, 5.41) is 2.82. The molecule has 0 aromatic carbocycles. The van der Waals surface area contributed by atoms with Crippen LogP contribution in [-0.4, -0.2) is 42.4 Å².